The van der Waals surface area contributed by atoms with Crippen molar-refractivity contribution in [3.63, 3.8) is 0 Å². The van der Waals surface area contributed by atoms with Crippen LogP contribution >= 0.6 is 0 Å². The molecule has 0 aliphatic heterocycles. The van der Waals surface area contributed by atoms with Crippen LogP contribution in [0.15, 0.2) is 18.2 Å². The Balaban J connectivity index is 3.12. The number of phenolic OH excluding ortho intramolecular Hbond substituents is 1. The summed E-state index contributed by atoms with van der Waals surface area (Å²) in [6.07, 6.45) is -1.21. The molecule has 0 aromatic heterocycles. The maximum atomic E-state index is 10.4. The zero-order valence-corrected chi connectivity index (χ0v) is 6.43. The number of hydrogen-bond acceptors (Lipinski definition) is 4. The summed E-state index contributed by atoms with van der Waals surface area (Å²) in [7, 11) is 0. The number of rotatable bonds is 2. The van der Waals surface area contributed by atoms with E-state index in [0.717, 1.165) is 0 Å². The predicted molar refractivity (Wildman–Crippen MR) is 42.1 cm³/mol. The van der Waals surface area contributed by atoms with E-state index in [9.17, 15) is 9.59 Å². The van der Waals surface area contributed by atoms with Gasteiger partial charge >= 0.3 is 6.16 Å². The van der Waals surface area contributed by atoms with E-state index in [0.29, 0.717) is 6.29 Å². The molecule has 1 aromatic rings. The minimum Gasteiger partial charge on any atom is -0.507 e. The Morgan fingerprint density at radius 1 is 1.46 bits per heavy atom. The summed E-state index contributed by atoms with van der Waals surface area (Å²) in [5, 5.41) is 17.4. The van der Waals surface area contributed by atoms with Gasteiger partial charge < -0.3 is 14.9 Å². The number of phenols is 1. The van der Waals surface area contributed by atoms with Crippen molar-refractivity contribution in [3.8, 4) is 11.5 Å². The van der Waals surface area contributed by atoms with Crippen molar-refractivity contribution in [1.82, 2.24) is 0 Å². The fraction of sp³-hybridized carbons (Fsp3) is 0. The average molecular weight is 182 g/mol. The van der Waals surface area contributed by atoms with Crippen molar-refractivity contribution in [2.45, 2.75) is 0 Å². The van der Waals surface area contributed by atoms with Gasteiger partial charge in [0, 0.05) is 0 Å². The Hall–Kier alpha value is -2.04. The minimum absolute atomic E-state index is 0.176. The highest BCUT2D eigenvalue weighted by Gasteiger charge is 2.10. The van der Waals surface area contributed by atoms with E-state index in [1.807, 2.05) is 0 Å². The van der Waals surface area contributed by atoms with Crippen LogP contribution in [-0.2, 0) is 0 Å². The Labute approximate surface area is 73.2 Å². The fourth-order valence-electron chi connectivity index (χ4n) is 0.834. The minimum atomic E-state index is -1.53. The van der Waals surface area contributed by atoms with Crippen LogP contribution < -0.4 is 4.74 Å². The number of carboxylic acid groups (broad SMARTS) is 1. The van der Waals surface area contributed by atoms with Crippen molar-refractivity contribution < 1.29 is 24.5 Å². The zero-order chi connectivity index (χ0) is 9.84. The summed E-state index contributed by atoms with van der Waals surface area (Å²) >= 11 is 0. The molecule has 0 aliphatic carbocycles. The second-order valence-electron chi connectivity index (χ2n) is 2.17. The van der Waals surface area contributed by atoms with Crippen LogP contribution in [-0.4, -0.2) is 22.7 Å². The average Bonchev–Trinajstić information content (AvgIpc) is 2.03. The van der Waals surface area contributed by atoms with Gasteiger partial charge in [0.25, 0.3) is 0 Å². The lowest BCUT2D eigenvalue weighted by Gasteiger charge is -2.03. The van der Waals surface area contributed by atoms with Gasteiger partial charge in [-0.15, -0.1) is 0 Å². The molecule has 68 valence electrons. The normalized spacial score (nSPS) is 9.23. The molecule has 5 heteroatoms. The highest BCUT2D eigenvalue weighted by Crippen LogP contribution is 2.25. The molecule has 0 unspecified atom stereocenters. The monoisotopic (exact) mass is 182 g/mol. The first kappa shape index (κ1) is 9.05. The first-order chi connectivity index (χ1) is 6.15. The Kier molecular flexibility index (Phi) is 2.49. The lowest BCUT2D eigenvalue weighted by atomic mass is 10.2. The number of aldehydes is 1. The summed E-state index contributed by atoms with van der Waals surface area (Å²) in [6.45, 7) is 0. The maximum Gasteiger partial charge on any atom is 0.511 e. The highest BCUT2D eigenvalue weighted by molar-refractivity contribution is 5.84. The van der Waals surface area contributed by atoms with Crippen LogP contribution in [0.2, 0.25) is 0 Å². The number of hydrogen-bond donors (Lipinski definition) is 2. The van der Waals surface area contributed by atoms with Crippen LogP contribution in [0.3, 0.4) is 0 Å². The molecular formula is C8H6O5. The fourth-order valence-corrected chi connectivity index (χ4v) is 0.834. The van der Waals surface area contributed by atoms with Gasteiger partial charge in [-0.2, -0.15) is 0 Å². The molecule has 0 heterocycles. The molecule has 0 spiro atoms. The third-order valence-electron chi connectivity index (χ3n) is 1.36. The molecule has 13 heavy (non-hydrogen) atoms. The lowest BCUT2D eigenvalue weighted by Crippen LogP contribution is -2.04. The lowest BCUT2D eigenvalue weighted by molar-refractivity contribution is 0.111. The highest BCUT2D eigenvalue weighted by atomic mass is 16.7. The van der Waals surface area contributed by atoms with Crippen LogP contribution in [0.25, 0.3) is 0 Å². The standard InChI is InChI=1S/C8H6O5/c9-4-5-6(10)2-1-3-7(5)13-8(11)12/h1-4,10H,(H,11,12). The largest absolute Gasteiger partial charge is 0.511 e. The van der Waals surface area contributed by atoms with Crippen molar-refractivity contribution in [2.75, 3.05) is 0 Å². The van der Waals surface area contributed by atoms with Gasteiger partial charge in [-0.05, 0) is 12.1 Å². The SMILES string of the molecule is O=Cc1c(O)cccc1OC(=O)O. The molecule has 1 rings (SSSR count). The number of carbonyl (C=O) groups is 2. The molecule has 2 N–H and O–H groups in total. The third-order valence-corrected chi connectivity index (χ3v) is 1.36. The number of aromatic hydroxyl groups is 1. The Morgan fingerprint density at radius 2 is 2.15 bits per heavy atom. The third kappa shape index (κ3) is 1.96. The second kappa shape index (κ2) is 3.57. The summed E-state index contributed by atoms with van der Waals surface area (Å²) in [4.78, 5) is 20.5. The molecule has 0 radical (unpaired) electrons. The van der Waals surface area contributed by atoms with Gasteiger partial charge in [0.15, 0.2) is 6.29 Å². The quantitative estimate of drug-likeness (QED) is 0.408. The molecule has 1 aromatic carbocycles. The molecule has 0 saturated heterocycles. The first-order valence-electron chi connectivity index (χ1n) is 3.33. The molecule has 0 saturated carbocycles. The van der Waals surface area contributed by atoms with E-state index in [1.54, 1.807) is 0 Å². The molecule has 0 atom stereocenters. The predicted octanol–water partition coefficient (Wildman–Crippen LogP) is 1.26. The van der Waals surface area contributed by atoms with Gasteiger partial charge in [0.1, 0.15) is 11.5 Å². The van der Waals surface area contributed by atoms with Crippen LogP contribution in [0.1, 0.15) is 10.4 Å². The second-order valence-corrected chi connectivity index (χ2v) is 2.17. The molecule has 0 bridgehead atoms. The first-order valence-corrected chi connectivity index (χ1v) is 3.33. The van der Waals surface area contributed by atoms with Crippen molar-refractivity contribution >= 4 is 12.4 Å². The summed E-state index contributed by atoms with van der Waals surface area (Å²) in [5.41, 5.74) is -0.176. The van der Waals surface area contributed by atoms with Crippen LogP contribution in [0.4, 0.5) is 4.79 Å². The van der Waals surface area contributed by atoms with Crippen molar-refractivity contribution in [2.24, 2.45) is 0 Å². The Bertz CT molecular complexity index is 344. The van der Waals surface area contributed by atoms with Gasteiger partial charge in [0.2, 0.25) is 0 Å². The summed E-state index contributed by atoms with van der Waals surface area (Å²) in [6, 6.07) is 3.91. The van der Waals surface area contributed by atoms with E-state index >= 15 is 0 Å². The van der Waals surface area contributed by atoms with E-state index < -0.39 is 6.16 Å². The molecule has 0 aliphatic rings. The number of carbonyl (C=O) groups excluding carboxylic acids is 1. The van der Waals surface area contributed by atoms with E-state index in [1.165, 1.54) is 18.2 Å². The molecule has 5 nitrogen and oxygen atoms in total. The van der Waals surface area contributed by atoms with Crippen molar-refractivity contribution in [1.29, 1.82) is 0 Å². The van der Waals surface area contributed by atoms with E-state index in [2.05, 4.69) is 4.74 Å². The van der Waals surface area contributed by atoms with Crippen molar-refractivity contribution in [3.05, 3.63) is 23.8 Å². The van der Waals surface area contributed by atoms with Gasteiger partial charge in [0.05, 0.1) is 5.56 Å². The van der Waals surface area contributed by atoms with E-state index in [4.69, 9.17) is 10.2 Å². The molecular weight excluding hydrogens is 176 g/mol. The van der Waals surface area contributed by atoms with Gasteiger partial charge in [-0.25, -0.2) is 4.79 Å². The summed E-state index contributed by atoms with van der Waals surface area (Å²) < 4.78 is 4.24. The zero-order valence-electron chi connectivity index (χ0n) is 6.43. The Morgan fingerprint density at radius 3 is 2.69 bits per heavy atom. The molecule has 0 fully saturated rings. The van der Waals surface area contributed by atoms with Gasteiger partial charge in [-0.1, -0.05) is 6.07 Å². The number of ether oxygens (including phenoxy) is 1. The topological polar surface area (TPSA) is 83.8 Å². The maximum absolute atomic E-state index is 10.4. The van der Waals surface area contributed by atoms with Crippen LogP contribution in [0, 0.1) is 0 Å². The van der Waals surface area contributed by atoms with Crippen LogP contribution in [0.5, 0.6) is 11.5 Å². The number of benzene rings is 1. The smallest absolute Gasteiger partial charge is 0.507 e. The summed E-state index contributed by atoms with van der Waals surface area (Å²) in [5.74, 6) is -0.490. The molecule has 0 amide bonds. The van der Waals surface area contributed by atoms with E-state index in [-0.39, 0.29) is 17.1 Å². The van der Waals surface area contributed by atoms with Gasteiger partial charge in [-0.3, -0.25) is 4.79 Å².